The van der Waals surface area contributed by atoms with E-state index in [9.17, 15) is 102 Å². The molecule has 73 heavy (non-hydrogen) atoms. The lowest BCUT2D eigenvalue weighted by molar-refractivity contribution is -0.367. The van der Waals surface area contributed by atoms with Gasteiger partial charge in [0.15, 0.2) is 37.7 Å². The maximum atomic E-state index is 12.4. The highest BCUT2D eigenvalue weighted by Gasteiger charge is 2.55. The summed E-state index contributed by atoms with van der Waals surface area (Å²) >= 11 is 0. The molecule has 0 spiro atoms. The molecule has 424 valence electrons. The molecule has 33 nitrogen and oxygen atoms in total. The third-order valence-corrected chi connectivity index (χ3v) is 13.2. The first kappa shape index (κ1) is 60.0. The molecule has 20 N–H and O–H groups in total. The number of nitrogens with one attached hydrogen (secondary N) is 2. The summed E-state index contributed by atoms with van der Waals surface area (Å²) in [6.45, 7) is -2.89. The summed E-state index contributed by atoms with van der Waals surface area (Å²) in [5.41, 5.74) is 0. The highest BCUT2D eigenvalue weighted by atomic mass is 16.8. The van der Waals surface area contributed by atoms with E-state index in [4.69, 9.17) is 52.1 Å². The monoisotopic (exact) mass is 1070 g/mol. The zero-order chi connectivity index (χ0) is 53.9. The third kappa shape index (κ3) is 13.4. The molecule has 2 amide bonds. The molecule has 0 aromatic rings. The average Bonchev–Trinajstić information content (AvgIpc) is 3.35. The fourth-order valence-electron chi connectivity index (χ4n) is 9.01. The van der Waals surface area contributed by atoms with Gasteiger partial charge in [-0.25, -0.2) is 0 Å². The van der Waals surface area contributed by atoms with Gasteiger partial charge in [-0.1, -0.05) is 0 Å². The van der Waals surface area contributed by atoms with Crippen molar-refractivity contribution in [1.82, 2.24) is 10.6 Å². The van der Waals surface area contributed by atoms with Crippen molar-refractivity contribution in [2.24, 2.45) is 0 Å². The van der Waals surface area contributed by atoms with Crippen LogP contribution in [0.3, 0.4) is 0 Å². The van der Waals surface area contributed by atoms with Crippen LogP contribution in [-0.4, -0.2) is 327 Å². The van der Waals surface area contributed by atoms with Gasteiger partial charge in [0.2, 0.25) is 11.8 Å². The molecule has 0 aromatic carbocycles. The fraction of sp³-hybridized carbons (Fsp3) is 0.950. The van der Waals surface area contributed by atoms with Crippen LogP contribution in [0.4, 0.5) is 0 Å². The Bertz CT molecular complexity index is 1750. The summed E-state index contributed by atoms with van der Waals surface area (Å²) in [6, 6.07) is -3.16. The summed E-state index contributed by atoms with van der Waals surface area (Å²) in [4.78, 5) is 24.2. The Kier molecular flexibility index (Phi) is 21.3. The molecule has 6 aliphatic heterocycles. The SMILES string of the molecule is CC(=O)N[C@@H]1[C@@H](O)[C@H](O[C@@H]2O[C@H](CO)[C@@H](O[C@@H]3O[C@H](CO[C@H]4O[C@H](CO[C@H]5O[C@H](CO[C@H]6O[C@H](CO)[C@@H](O)[C@H](O)[C@@H]6O)[C@@H](O)[C@H](O)[C@@H]5O)[C@@H](O)[C@H](O)[C@@H]4O)[C@@H](O)[C@H](O)[C@@H]3O)[C@H](O)[C@H]2NC(C)=O)[C@@H](CO)O[C@H]1O. The molecule has 30 atom stereocenters. The van der Waals surface area contributed by atoms with Gasteiger partial charge in [0.1, 0.15) is 146 Å². The van der Waals surface area contributed by atoms with E-state index in [1.807, 2.05) is 0 Å². The minimum atomic E-state index is -2.12. The van der Waals surface area contributed by atoms with Gasteiger partial charge < -0.3 is 155 Å². The van der Waals surface area contributed by atoms with Gasteiger partial charge in [-0.2, -0.15) is 0 Å². The first-order valence-corrected chi connectivity index (χ1v) is 23.1. The largest absolute Gasteiger partial charge is 0.394 e. The predicted molar refractivity (Wildman–Crippen MR) is 222 cm³/mol. The molecule has 0 bridgehead atoms. The molecule has 0 aromatic heterocycles. The summed E-state index contributed by atoms with van der Waals surface area (Å²) < 4.78 is 61.5. The van der Waals surface area contributed by atoms with E-state index < -0.39 is 236 Å². The van der Waals surface area contributed by atoms with Crippen molar-refractivity contribution < 1.29 is 154 Å². The number of aliphatic hydroxyl groups excluding tert-OH is 18. The molecule has 6 heterocycles. The van der Waals surface area contributed by atoms with Crippen molar-refractivity contribution in [3.05, 3.63) is 0 Å². The zero-order valence-corrected chi connectivity index (χ0v) is 38.9. The third-order valence-electron chi connectivity index (χ3n) is 13.2. The van der Waals surface area contributed by atoms with E-state index in [2.05, 4.69) is 10.6 Å². The van der Waals surface area contributed by atoms with Crippen LogP contribution < -0.4 is 10.6 Å². The highest BCUT2D eigenvalue weighted by Crippen LogP contribution is 2.34. The van der Waals surface area contributed by atoms with Gasteiger partial charge in [-0.05, 0) is 0 Å². The Morgan fingerprint density at radius 2 is 0.658 bits per heavy atom. The number of carbonyl (C=O) groups excluding carboxylic acids is 2. The van der Waals surface area contributed by atoms with Gasteiger partial charge in [0.05, 0.1) is 39.6 Å². The van der Waals surface area contributed by atoms with Crippen molar-refractivity contribution >= 4 is 11.8 Å². The van der Waals surface area contributed by atoms with Gasteiger partial charge in [0.25, 0.3) is 0 Å². The maximum absolute atomic E-state index is 12.4. The van der Waals surface area contributed by atoms with Gasteiger partial charge >= 0.3 is 0 Å². The molecule has 0 saturated carbocycles. The van der Waals surface area contributed by atoms with Crippen LogP contribution in [0.15, 0.2) is 0 Å². The zero-order valence-electron chi connectivity index (χ0n) is 38.9. The summed E-state index contributed by atoms with van der Waals surface area (Å²) in [5, 5.41) is 195. The minimum Gasteiger partial charge on any atom is -0.394 e. The molecule has 0 unspecified atom stereocenters. The van der Waals surface area contributed by atoms with E-state index in [-0.39, 0.29) is 0 Å². The molecule has 6 saturated heterocycles. The number of aliphatic hydroxyl groups is 18. The Morgan fingerprint density at radius 3 is 1.05 bits per heavy atom. The van der Waals surface area contributed by atoms with Crippen LogP contribution in [0.25, 0.3) is 0 Å². The Morgan fingerprint density at radius 1 is 0.356 bits per heavy atom. The normalized spacial score (nSPS) is 49.8. The van der Waals surface area contributed by atoms with Crippen molar-refractivity contribution in [2.45, 2.75) is 198 Å². The standard InChI is InChI=1S/C40H68N2O31/c1-9(46)41-17-23(52)33(12(4-44)66-35(17)62)72-36-18(42-10(2)47)24(53)34(13(5-45)68-36)73-40-32(61)28(57)22(51)16(71-40)8-65-39-31(60)27(56)21(50)15(70-39)7-64-38-30(59)26(55)20(49)14(69-38)6-63-37-29(58)25(54)19(48)11(3-43)67-37/h11-40,43-45,48-62H,3-8H2,1-2H3,(H,41,46)(H,42,47)/t11-,12-,13-,14-,15-,16-,17-,18-,19-,20-,21-,22-,23-,24-,25+,26+,27+,28+,29+,30+,31+,32+,33-,34-,35-,36+,37+,38+,39+,40+/m1/s1. The molecule has 6 aliphatic rings. The smallest absolute Gasteiger partial charge is 0.217 e. The van der Waals surface area contributed by atoms with Crippen LogP contribution in [0.5, 0.6) is 0 Å². The number of rotatable bonds is 18. The van der Waals surface area contributed by atoms with E-state index in [1.165, 1.54) is 0 Å². The molecule has 0 aliphatic carbocycles. The summed E-state index contributed by atoms with van der Waals surface area (Å²) in [6.07, 6.45) is -51.1. The van der Waals surface area contributed by atoms with Gasteiger partial charge in [-0.15, -0.1) is 0 Å². The quantitative estimate of drug-likeness (QED) is 0.0606. The van der Waals surface area contributed by atoms with E-state index in [1.54, 1.807) is 0 Å². The van der Waals surface area contributed by atoms with Gasteiger partial charge in [-0.3, -0.25) is 9.59 Å². The second-order valence-electron chi connectivity index (χ2n) is 18.3. The van der Waals surface area contributed by atoms with Crippen LogP contribution in [0.1, 0.15) is 13.8 Å². The first-order chi connectivity index (χ1) is 34.4. The Balaban J connectivity index is 1.08. The lowest BCUT2D eigenvalue weighted by atomic mass is 9.94. The second kappa shape index (κ2) is 26.0. The fourth-order valence-corrected chi connectivity index (χ4v) is 9.01. The first-order valence-electron chi connectivity index (χ1n) is 23.1. The van der Waals surface area contributed by atoms with E-state index in [0.29, 0.717) is 0 Å². The van der Waals surface area contributed by atoms with Crippen molar-refractivity contribution in [3.8, 4) is 0 Å². The van der Waals surface area contributed by atoms with Crippen LogP contribution >= 0.6 is 0 Å². The predicted octanol–water partition coefficient (Wildman–Crippen LogP) is -13.8. The number of ether oxygens (including phenoxy) is 11. The van der Waals surface area contributed by atoms with Crippen LogP contribution in [0.2, 0.25) is 0 Å². The molecule has 33 heteroatoms. The minimum absolute atomic E-state index is 0.694. The summed E-state index contributed by atoms with van der Waals surface area (Å²) in [5.74, 6) is -1.48. The average molecular weight is 1070 g/mol. The van der Waals surface area contributed by atoms with Gasteiger partial charge in [0, 0.05) is 13.8 Å². The molecule has 0 radical (unpaired) electrons. The molecule has 6 fully saturated rings. The van der Waals surface area contributed by atoms with Crippen LogP contribution in [-0.2, 0) is 61.7 Å². The van der Waals surface area contributed by atoms with E-state index in [0.717, 1.165) is 13.8 Å². The lowest BCUT2D eigenvalue weighted by Crippen LogP contribution is -2.70. The molecular weight excluding hydrogens is 1000 g/mol. The molecule has 6 rings (SSSR count). The number of amides is 2. The van der Waals surface area contributed by atoms with Crippen molar-refractivity contribution in [3.63, 3.8) is 0 Å². The van der Waals surface area contributed by atoms with Crippen molar-refractivity contribution in [1.29, 1.82) is 0 Å². The Labute approximate surface area is 413 Å². The lowest BCUT2D eigenvalue weighted by Gasteiger charge is -2.49. The highest BCUT2D eigenvalue weighted by molar-refractivity contribution is 5.73. The topological polar surface area (TPSA) is 524 Å². The number of hydrogen-bond donors (Lipinski definition) is 20. The Hall–Kier alpha value is -2.22. The second-order valence-corrected chi connectivity index (χ2v) is 18.3. The van der Waals surface area contributed by atoms with Crippen molar-refractivity contribution in [2.75, 3.05) is 39.6 Å². The molecular formula is C40H68N2O31. The number of hydrogen-bond acceptors (Lipinski definition) is 31. The van der Waals surface area contributed by atoms with Crippen LogP contribution in [0, 0.1) is 0 Å². The van der Waals surface area contributed by atoms with E-state index >= 15 is 0 Å². The number of carbonyl (C=O) groups is 2. The summed E-state index contributed by atoms with van der Waals surface area (Å²) in [7, 11) is 0. The maximum Gasteiger partial charge on any atom is 0.217 e.